The lowest BCUT2D eigenvalue weighted by Gasteiger charge is -2.35. The molecule has 0 atom stereocenters. The van der Waals surface area contributed by atoms with E-state index in [1.807, 2.05) is 6.07 Å². The monoisotopic (exact) mass is 358 g/mol. The third kappa shape index (κ3) is 4.07. The average molecular weight is 358 g/mol. The highest BCUT2D eigenvalue weighted by molar-refractivity contribution is 5.88. The lowest BCUT2D eigenvalue weighted by molar-refractivity contribution is -0.152. The molecule has 1 saturated carbocycles. The summed E-state index contributed by atoms with van der Waals surface area (Å²) in [5.41, 5.74) is -0.295. The third-order valence-corrected chi connectivity index (χ3v) is 4.59. The summed E-state index contributed by atoms with van der Waals surface area (Å²) < 4.78 is 10.1. The Morgan fingerprint density at radius 1 is 1.27 bits per heavy atom. The Balaban J connectivity index is 1.58. The van der Waals surface area contributed by atoms with E-state index in [1.165, 1.54) is 7.11 Å². The van der Waals surface area contributed by atoms with Crippen molar-refractivity contribution in [1.82, 2.24) is 20.4 Å². The van der Waals surface area contributed by atoms with Crippen LogP contribution in [0.3, 0.4) is 0 Å². The number of pyridine rings is 1. The summed E-state index contributed by atoms with van der Waals surface area (Å²) in [6.45, 7) is 0. The molecular weight excluding hydrogens is 336 g/mol. The number of aromatic nitrogens is 3. The van der Waals surface area contributed by atoms with Gasteiger partial charge >= 0.3 is 5.97 Å². The summed E-state index contributed by atoms with van der Waals surface area (Å²) in [6.07, 6.45) is 6.16. The smallest absolute Gasteiger partial charge is 0.331 e. The Morgan fingerprint density at radius 3 is 2.77 bits per heavy atom. The summed E-state index contributed by atoms with van der Waals surface area (Å²) in [5, 5.41) is 6.76. The molecule has 1 aliphatic rings. The molecule has 0 unspecified atom stereocenters. The normalized spacial score (nSPS) is 16.0. The van der Waals surface area contributed by atoms with Crippen molar-refractivity contribution in [3.05, 3.63) is 30.3 Å². The predicted molar refractivity (Wildman–Crippen MR) is 91.8 cm³/mol. The van der Waals surface area contributed by atoms with Gasteiger partial charge < -0.3 is 14.6 Å². The minimum Gasteiger partial charge on any atom is -0.467 e. The molecule has 138 valence electrons. The largest absolute Gasteiger partial charge is 0.467 e. The average Bonchev–Trinajstić information content (AvgIpc) is 3.16. The Labute approximate surface area is 151 Å². The SMILES string of the molecule is COC(=O)C1(NC(=O)CCc2nc(-c3ccccn3)no2)CCCCC1. The van der Waals surface area contributed by atoms with Gasteiger partial charge in [-0.2, -0.15) is 4.98 Å². The molecule has 2 heterocycles. The minimum atomic E-state index is -0.905. The zero-order chi connectivity index (χ0) is 18.4. The van der Waals surface area contributed by atoms with Crippen LogP contribution in [0.25, 0.3) is 11.5 Å². The van der Waals surface area contributed by atoms with E-state index in [0.29, 0.717) is 36.7 Å². The van der Waals surface area contributed by atoms with Crippen LogP contribution in [0.15, 0.2) is 28.9 Å². The van der Waals surface area contributed by atoms with E-state index in [1.54, 1.807) is 18.3 Å². The van der Waals surface area contributed by atoms with Crippen molar-refractivity contribution < 1.29 is 18.8 Å². The van der Waals surface area contributed by atoms with Crippen molar-refractivity contribution in [2.24, 2.45) is 0 Å². The lowest BCUT2D eigenvalue weighted by Crippen LogP contribution is -2.56. The first-order valence-corrected chi connectivity index (χ1v) is 8.76. The van der Waals surface area contributed by atoms with Crippen LogP contribution >= 0.6 is 0 Å². The summed E-state index contributed by atoms with van der Waals surface area (Å²) in [7, 11) is 1.35. The van der Waals surface area contributed by atoms with Gasteiger partial charge in [0.15, 0.2) is 0 Å². The number of hydrogen-bond donors (Lipinski definition) is 1. The standard InChI is InChI=1S/C18H22N4O4/c1-25-17(24)18(10-4-2-5-11-18)21-14(23)8-9-15-20-16(22-26-15)13-7-3-6-12-19-13/h3,6-7,12H,2,4-5,8-11H2,1H3,(H,21,23). The molecule has 3 rings (SSSR count). The summed E-state index contributed by atoms with van der Waals surface area (Å²) >= 11 is 0. The number of aryl methyl sites for hydroxylation is 1. The highest BCUT2D eigenvalue weighted by atomic mass is 16.5. The molecular formula is C18H22N4O4. The molecule has 8 nitrogen and oxygen atoms in total. The van der Waals surface area contributed by atoms with Gasteiger partial charge in [-0.1, -0.05) is 30.5 Å². The Morgan fingerprint density at radius 2 is 2.08 bits per heavy atom. The van der Waals surface area contributed by atoms with E-state index >= 15 is 0 Å². The van der Waals surface area contributed by atoms with Crippen molar-refractivity contribution in [2.45, 2.75) is 50.5 Å². The highest BCUT2D eigenvalue weighted by Crippen LogP contribution is 2.29. The highest BCUT2D eigenvalue weighted by Gasteiger charge is 2.41. The van der Waals surface area contributed by atoms with Crippen molar-refractivity contribution in [3.63, 3.8) is 0 Å². The quantitative estimate of drug-likeness (QED) is 0.788. The van der Waals surface area contributed by atoms with Crippen molar-refractivity contribution in [3.8, 4) is 11.5 Å². The predicted octanol–water partition coefficient (Wildman–Crippen LogP) is 2.06. The maximum absolute atomic E-state index is 12.4. The van der Waals surface area contributed by atoms with Crippen LogP contribution in [0.5, 0.6) is 0 Å². The lowest BCUT2D eigenvalue weighted by atomic mass is 9.81. The minimum absolute atomic E-state index is 0.155. The van der Waals surface area contributed by atoms with Gasteiger partial charge in [0.1, 0.15) is 11.2 Å². The van der Waals surface area contributed by atoms with Crippen molar-refractivity contribution in [1.29, 1.82) is 0 Å². The number of rotatable bonds is 6. The second-order valence-corrected chi connectivity index (χ2v) is 6.41. The molecule has 1 N–H and O–H groups in total. The first-order valence-electron chi connectivity index (χ1n) is 8.76. The maximum atomic E-state index is 12.4. The Bertz CT molecular complexity index is 754. The Kier molecular flexibility index (Phi) is 5.60. The molecule has 0 radical (unpaired) electrons. The van der Waals surface area contributed by atoms with Gasteiger partial charge in [0.25, 0.3) is 0 Å². The second-order valence-electron chi connectivity index (χ2n) is 6.41. The number of carbonyl (C=O) groups is 2. The number of amides is 1. The molecule has 1 fully saturated rings. The molecule has 1 amide bonds. The summed E-state index contributed by atoms with van der Waals surface area (Å²) in [6, 6.07) is 5.42. The van der Waals surface area contributed by atoms with Crippen LogP contribution in [0.1, 0.15) is 44.4 Å². The second kappa shape index (κ2) is 8.07. The number of ether oxygens (including phenoxy) is 1. The first kappa shape index (κ1) is 18.0. The van der Waals surface area contributed by atoms with Gasteiger partial charge in [-0.25, -0.2) is 4.79 Å². The molecule has 2 aromatic heterocycles. The van der Waals surface area contributed by atoms with E-state index in [0.717, 1.165) is 19.3 Å². The van der Waals surface area contributed by atoms with E-state index < -0.39 is 5.54 Å². The topological polar surface area (TPSA) is 107 Å². The Hall–Kier alpha value is -2.77. The van der Waals surface area contributed by atoms with Gasteiger partial charge in [-0.3, -0.25) is 9.78 Å². The number of hydrogen-bond acceptors (Lipinski definition) is 7. The molecule has 26 heavy (non-hydrogen) atoms. The van der Waals surface area contributed by atoms with E-state index in [4.69, 9.17) is 9.26 Å². The maximum Gasteiger partial charge on any atom is 0.331 e. The molecule has 0 aromatic carbocycles. The van der Waals surface area contributed by atoms with Gasteiger partial charge in [0, 0.05) is 19.0 Å². The first-order chi connectivity index (χ1) is 12.6. The summed E-state index contributed by atoms with van der Waals surface area (Å²) in [4.78, 5) is 33.0. The fraction of sp³-hybridized carbons (Fsp3) is 0.500. The van der Waals surface area contributed by atoms with Crippen LogP contribution in [0.4, 0.5) is 0 Å². The number of esters is 1. The van der Waals surface area contributed by atoms with E-state index in [2.05, 4.69) is 20.4 Å². The third-order valence-electron chi connectivity index (χ3n) is 4.59. The van der Waals surface area contributed by atoms with Crippen LogP contribution < -0.4 is 5.32 Å². The fourth-order valence-electron chi connectivity index (χ4n) is 3.24. The van der Waals surface area contributed by atoms with Crippen molar-refractivity contribution in [2.75, 3.05) is 7.11 Å². The van der Waals surface area contributed by atoms with Gasteiger partial charge in [-0.15, -0.1) is 0 Å². The van der Waals surface area contributed by atoms with Crippen LogP contribution in [0, 0.1) is 0 Å². The van der Waals surface area contributed by atoms with E-state index in [9.17, 15) is 9.59 Å². The van der Waals surface area contributed by atoms with Gasteiger partial charge in [0.2, 0.25) is 17.6 Å². The number of methoxy groups -OCH3 is 1. The van der Waals surface area contributed by atoms with Gasteiger partial charge in [-0.05, 0) is 25.0 Å². The number of nitrogens with one attached hydrogen (secondary N) is 1. The van der Waals surface area contributed by atoms with Crippen LogP contribution in [-0.2, 0) is 20.7 Å². The van der Waals surface area contributed by atoms with Crippen LogP contribution in [0.2, 0.25) is 0 Å². The zero-order valence-corrected chi connectivity index (χ0v) is 14.7. The molecule has 8 heteroatoms. The number of nitrogens with zero attached hydrogens (tertiary/aromatic N) is 3. The van der Waals surface area contributed by atoms with Crippen molar-refractivity contribution >= 4 is 11.9 Å². The zero-order valence-electron chi connectivity index (χ0n) is 14.7. The number of carbonyl (C=O) groups excluding carboxylic acids is 2. The molecule has 1 aliphatic carbocycles. The van der Waals surface area contributed by atoms with Gasteiger partial charge in [0.05, 0.1) is 7.11 Å². The molecule has 0 bridgehead atoms. The summed E-state index contributed by atoms with van der Waals surface area (Å²) in [5.74, 6) is 0.145. The molecule has 0 saturated heterocycles. The molecule has 0 aliphatic heterocycles. The van der Waals surface area contributed by atoms with E-state index in [-0.39, 0.29) is 18.3 Å². The van der Waals surface area contributed by atoms with Crippen LogP contribution in [-0.4, -0.2) is 39.6 Å². The molecule has 2 aromatic rings. The fourth-order valence-corrected chi connectivity index (χ4v) is 3.24. The molecule has 0 spiro atoms.